The normalized spacial score (nSPS) is 18.0. The number of carbonyl (C=O) groups is 1. The standard InChI is InChI=1S/C10H22N2O2.C2HF3O2/c1-12(2)7-8-14-9-10(13)3-5-11-6-4-10;3-2(4,5)1(6)7/h11,13H,3-9H2,1-2H3;(H,6,7). The van der Waals surface area contributed by atoms with E-state index >= 15 is 0 Å². The Morgan fingerprint density at radius 1 is 1.33 bits per heavy atom. The second-order valence-electron chi connectivity index (χ2n) is 5.13. The van der Waals surface area contributed by atoms with Crippen molar-refractivity contribution in [3.8, 4) is 0 Å². The zero-order valence-corrected chi connectivity index (χ0v) is 12.2. The zero-order chi connectivity index (χ0) is 16.5. The summed E-state index contributed by atoms with van der Waals surface area (Å²) >= 11 is 0. The fourth-order valence-corrected chi connectivity index (χ4v) is 1.55. The lowest BCUT2D eigenvalue weighted by atomic mass is 9.94. The van der Waals surface area contributed by atoms with Gasteiger partial charge in [-0.1, -0.05) is 0 Å². The Balaban J connectivity index is 0.000000486. The highest BCUT2D eigenvalue weighted by Crippen LogP contribution is 2.17. The number of hydrogen-bond acceptors (Lipinski definition) is 5. The third kappa shape index (κ3) is 10.5. The number of alkyl halides is 3. The molecule has 0 unspecified atom stereocenters. The van der Waals surface area contributed by atoms with Crippen LogP contribution >= 0.6 is 0 Å². The monoisotopic (exact) mass is 316 g/mol. The van der Waals surface area contributed by atoms with Crippen LogP contribution < -0.4 is 5.32 Å². The van der Waals surface area contributed by atoms with Gasteiger partial charge in [-0.05, 0) is 40.0 Å². The van der Waals surface area contributed by atoms with E-state index in [9.17, 15) is 18.3 Å². The average molecular weight is 316 g/mol. The second-order valence-corrected chi connectivity index (χ2v) is 5.13. The van der Waals surface area contributed by atoms with Gasteiger partial charge in [-0.2, -0.15) is 13.2 Å². The Kier molecular flexibility index (Phi) is 8.79. The number of carboxylic acids is 1. The van der Waals surface area contributed by atoms with Crippen LogP contribution in [0.2, 0.25) is 0 Å². The van der Waals surface area contributed by atoms with E-state index in [1.807, 2.05) is 14.1 Å². The molecule has 3 N–H and O–H groups in total. The van der Waals surface area contributed by atoms with Gasteiger partial charge in [-0.15, -0.1) is 0 Å². The summed E-state index contributed by atoms with van der Waals surface area (Å²) in [5.41, 5.74) is -0.586. The van der Waals surface area contributed by atoms with Crippen molar-refractivity contribution in [2.75, 3.05) is 46.9 Å². The van der Waals surface area contributed by atoms with Gasteiger partial charge in [0.15, 0.2) is 0 Å². The molecule has 6 nitrogen and oxygen atoms in total. The first-order valence-corrected chi connectivity index (χ1v) is 6.52. The molecule has 1 fully saturated rings. The molecule has 0 aromatic heterocycles. The number of carboxylic acid groups (broad SMARTS) is 1. The van der Waals surface area contributed by atoms with Crippen LogP contribution in [0.25, 0.3) is 0 Å². The van der Waals surface area contributed by atoms with Crippen LogP contribution in [0.15, 0.2) is 0 Å². The highest BCUT2D eigenvalue weighted by Gasteiger charge is 2.38. The maximum Gasteiger partial charge on any atom is 0.490 e. The Bertz CT molecular complexity index is 305. The van der Waals surface area contributed by atoms with E-state index in [1.54, 1.807) is 0 Å². The van der Waals surface area contributed by atoms with Crippen LogP contribution in [0.4, 0.5) is 13.2 Å². The van der Waals surface area contributed by atoms with Crippen molar-refractivity contribution < 1.29 is 32.9 Å². The number of aliphatic carboxylic acids is 1. The first kappa shape index (κ1) is 20.1. The van der Waals surface area contributed by atoms with Gasteiger partial charge in [0.2, 0.25) is 0 Å². The first-order chi connectivity index (χ1) is 9.57. The predicted octanol–water partition coefficient (Wildman–Crippen LogP) is 0.312. The van der Waals surface area contributed by atoms with Gasteiger partial charge in [-0.3, -0.25) is 0 Å². The second kappa shape index (κ2) is 9.19. The summed E-state index contributed by atoms with van der Waals surface area (Å²) in [6, 6.07) is 0. The molecule has 0 aromatic carbocycles. The fraction of sp³-hybridized carbons (Fsp3) is 0.917. The number of halogens is 3. The molecule has 1 aliphatic heterocycles. The van der Waals surface area contributed by atoms with Crippen LogP contribution in [0.1, 0.15) is 12.8 Å². The van der Waals surface area contributed by atoms with E-state index in [0.29, 0.717) is 13.2 Å². The van der Waals surface area contributed by atoms with Crippen LogP contribution in [0, 0.1) is 0 Å². The Hall–Kier alpha value is -0.900. The summed E-state index contributed by atoms with van der Waals surface area (Å²) in [5, 5.41) is 20.4. The van der Waals surface area contributed by atoms with Crippen molar-refractivity contribution in [3.63, 3.8) is 0 Å². The molecule has 0 aliphatic carbocycles. The molecular formula is C12H23F3N2O4. The lowest BCUT2D eigenvalue weighted by Gasteiger charge is -2.32. The SMILES string of the molecule is CN(C)CCOCC1(O)CCNCC1.O=C(O)C(F)(F)F. The quantitative estimate of drug-likeness (QED) is 0.634. The van der Waals surface area contributed by atoms with E-state index in [1.165, 1.54) is 0 Å². The van der Waals surface area contributed by atoms with Crippen molar-refractivity contribution in [2.45, 2.75) is 24.6 Å². The van der Waals surface area contributed by atoms with Gasteiger partial charge in [-0.25, -0.2) is 4.79 Å². The van der Waals surface area contributed by atoms with Crippen LogP contribution in [0.5, 0.6) is 0 Å². The zero-order valence-electron chi connectivity index (χ0n) is 12.2. The Morgan fingerprint density at radius 2 is 1.81 bits per heavy atom. The average Bonchev–Trinajstić information content (AvgIpc) is 2.35. The number of rotatable bonds is 5. The summed E-state index contributed by atoms with van der Waals surface area (Å²) in [5.74, 6) is -2.76. The van der Waals surface area contributed by atoms with Gasteiger partial charge in [0.25, 0.3) is 0 Å². The van der Waals surface area contributed by atoms with E-state index in [-0.39, 0.29) is 0 Å². The molecule has 0 amide bonds. The third-order valence-electron chi connectivity index (χ3n) is 2.83. The molecule has 0 saturated carbocycles. The molecule has 0 radical (unpaired) electrons. The van der Waals surface area contributed by atoms with Crippen LogP contribution in [0.3, 0.4) is 0 Å². The van der Waals surface area contributed by atoms with Crippen molar-refractivity contribution in [1.82, 2.24) is 10.2 Å². The number of aliphatic hydroxyl groups is 1. The van der Waals surface area contributed by atoms with Crippen LogP contribution in [-0.4, -0.2) is 79.8 Å². The Morgan fingerprint density at radius 3 is 2.19 bits per heavy atom. The summed E-state index contributed by atoms with van der Waals surface area (Å²) in [4.78, 5) is 11.0. The molecule has 0 bridgehead atoms. The van der Waals surface area contributed by atoms with Gasteiger partial charge in [0, 0.05) is 6.54 Å². The first-order valence-electron chi connectivity index (χ1n) is 6.52. The molecule has 1 aliphatic rings. The predicted molar refractivity (Wildman–Crippen MR) is 70.1 cm³/mol. The minimum absolute atomic E-state index is 0.475. The van der Waals surface area contributed by atoms with Crippen molar-refractivity contribution in [2.24, 2.45) is 0 Å². The molecule has 9 heteroatoms. The van der Waals surface area contributed by atoms with E-state index in [0.717, 1.165) is 32.5 Å². The topological polar surface area (TPSA) is 82.0 Å². The summed E-state index contributed by atoms with van der Waals surface area (Å²) in [7, 11) is 4.03. The molecule has 126 valence electrons. The smallest absolute Gasteiger partial charge is 0.475 e. The molecule has 0 aromatic rings. The van der Waals surface area contributed by atoms with Gasteiger partial charge in [0.1, 0.15) is 0 Å². The lowest BCUT2D eigenvalue weighted by Crippen LogP contribution is -2.45. The molecule has 1 saturated heterocycles. The van der Waals surface area contributed by atoms with E-state index in [2.05, 4.69) is 10.2 Å². The lowest BCUT2D eigenvalue weighted by molar-refractivity contribution is -0.192. The maximum atomic E-state index is 10.6. The number of hydrogen-bond donors (Lipinski definition) is 3. The number of piperidine rings is 1. The Labute approximate surface area is 121 Å². The minimum Gasteiger partial charge on any atom is -0.475 e. The van der Waals surface area contributed by atoms with Crippen molar-refractivity contribution in [3.05, 3.63) is 0 Å². The molecule has 0 atom stereocenters. The van der Waals surface area contributed by atoms with E-state index in [4.69, 9.17) is 14.6 Å². The summed E-state index contributed by atoms with van der Waals surface area (Å²) in [6.07, 6.45) is -3.48. The number of nitrogens with one attached hydrogen (secondary N) is 1. The molecule has 0 spiro atoms. The van der Waals surface area contributed by atoms with Gasteiger partial charge in [0.05, 0.1) is 18.8 Å². The highest BCUT2D eigenvalue weighted by atomic mass is 19.4. The fourth-order valence-electron chi connectivity index (χ4n) is 1.55. The highest BCUT2D eigenvalue weighted by molar-refractivity contribution is 5.73. The minimum atomic E-state index is -5.08. The molecule has 1 heterocycles. The maximum absolute atomic E-state index is 10.6. The molecule has 21 heavy (non-hydrogen) atoms. The van der Waals surface area contributed by atoms with Crippen molar-refractivity contribution >= 4 is 5.97 Å². The molecular weight excluding hydrogens is 293 g/mol. The largest absolute Gasteiger partial charge is 0.490 e. The number of nitrogens with zero attached hydrogens (tertiary/aromatic N) is 1. The summed E-state index contributed by atoms with van der Waals surface area (Å²) in [6.45, 7) is 3.88. The van der Waals surface area contributed by atoms with Crippen LogP contribution in [-0.2, 0) is 9.53 Å². The van der Waals surface area contributed by atoms with Gasteiger partial charge >= 0.3 is 12.1 Å². The third-order valence-corrected chi connectivity index (χ3v) is 2.83. The van der Waals surface area contributed by atoms with Gasteiger partial charge < -0.3 is 25.2 Å². The number of ether oxygens (including phenoxy) is 1. The van der Waals surface area contributed by atoms with E-state index < -0.39 is 17.7 Å². The molecule has 1 rings (SSSR count). The number of likely N-dealkylation sites (N-methyl/N-ethyl adjacent to an activating group) is 1. The van der Waals surface area contributed by atoms with Crippen molar-refractivity contribution in [1.29, 1.82) is 0 Å². The summed E-state index contributed by atoms with van der Waals surface area (Å²) < 4.78 is 37.2.